The van der Waals surface area contributed by atoms with Crippen molar-refractivity contribution in [1.82, 2.24) is 10.6 Å². The number of carbonyl (C=O) groups is 2. The summed E-state index contributed by atoms with van der Waals surface area (Å²) in [6.45, 7) is 8.36. The Labute approximate surface area is 108 Å². The van der Waals surface area contributed by atoms with E-state index in [1.54, 1.807) is 0 Å². The third kappa shape index (κ3) is 5.86. The maximum atomic E-state index is 11.5. The van der Waals surface area contributed by atoms with Gasteiger partial charge in [-0.2, -0.15) is 0 Å². The number of urea groups is 1. The number of carboxylic acid groups (broad SMARTS) is 1. The van der Waals surface area contributed by atoms with Crippen LogP contribution in [-0.4, -0.2) is 41.4 Å². The van der Waals surface area contributed by atoms with Gasteiger partial charge >= 0.3 is 12.0 Å². The standard InChI is InChI=1S/C12H24N2O4/c1-8(2)12(3,4)7-13-11(18)14-9(5-6-15)10(16)17/h8-9,15H,5-7H2,1-4H3,(H,16,17)(H2,13,14,18)/t9-/m0/s1. The molecule has 0 aliphatic rings. The largest absolute Gasteiger partial charge is 0.480 e. The molecule has 4 N–H and O–H groups in total. The lowest BCUT2D eigenvalue weighted by Gasteiger charge is -2.29. The summed E-state index contributed by atoms with van der Waals surface area (Å²) in [6.07, 6.45) is -0.00364. The first-order valence-electron chi connectivity index (χ1n) is 6.08. The van der Waals surface area contributed by atoms with E-state index in [4.69, 9.17) is 10.2 Å². The maximum absolute atomic E-state index is 11.5. The van der Waals surface area contributed by atoms with Crippen LogP contribution in [0.4, 0.5) is 4.79 Å². The van der Waals surface area contributed by atoms with Gasteiger partial charge < -0.3 is 20.8 Å². The van der Waals surface area contributed by atoms with E-state index >= 15 is 0 Å². The first-order valence-corrected chi connectivity index (χ1v) is 6.08. The van der Waals surface area contributed by atoms with Crippen molar-refractivity contribution in [3.63, 3.8) is 0 Å². The molecule has 0 radical (unpaired) electrons. The monoisotopic (exact) mass is 260 g/mol. The molecule has 6 nitrogen and oxygen atoms in total. The minimum Gasteiger partial charge on any atom is -0.480 e. The molecular formula is C12H24N2O4. The van der Waals surface area contributed by atoms with Crippen LogP contribution in [0.5, 0.6) is 0 Å². The molecule has 0 aromatic rings. The van der Waals surface area contributed by atoms with Crippen molar-refractivity contribution in [3.8, 4) is 0 Å². The number of nitrogens with one attached hydrogen (secondary N) is 2. The Morgan fingerprint density at radius 1 is 1.28 bits per heavy atom. The minimum absolute atomic E-state index is 0.00364. The lowest BCUT2D eigenvalue weighted by Crippen LogP contribution is -2.48. The van der Waals surface area contributed by atoms with E-state index in [1.165, 1.54) is 0 Å². The van der Waals surface area contributed by atoms with Gasteiger partial charge in [0, 0.05) is 19.6 Å². The molecule has 106 valence electrons. The summed E-state index contributed by atoms with van der Waals surface area (Å²) in [6, 6.07) is -1.58. The molecule has 0 aromatic carbocycles. The normalized spacial score (nSPS) is 13.2. The number of aliphatic carboxylic acids is 1. The highest BCUT2D eigenvalue weighted by Crippen LogP contribution is 2.24. The average molecular weight is 260 g/mol. The van der Waals surface area contributed by atoms with Crippen LogP contribution in [-0.2, 0) is 4.79 Å². The molecule has 0 rings (SSSR count). The summed E-state index contributed by atoms with van der Waals surface area (Å²) in [5, 5.41) is 22.5. The van der Waals surface area contributed by atoms with Crippen LogP contribution in [0.15, 0.2) is 0 Å². The second-order valence-corrected chi connectivity index (χ2v) is 5.37. The molecule has 0 fully saturated rings. The van der Waals surface area contributed by atoms with E-state index < -0.39 is 18.0 Å². The Bertz CT molecular complexity index is 290. The smallest absolute Gasteiger partial charge is 0.326 e. The molecule has 6 heteroatoms. The quantitative estimate of drug-likeness (QED) is 0.544. The highest BCUT2D eigenvalue weighted by atomic mass is 16.4. The van der Waals surface area contributed by atoms with Crippen LogP contribution in [0.25, 0.3) is 0 Å². The lowest BCUT2D eigenvalue weighted by atomic mass is 9.81. The summed E-state index contributed by atoms with van der Waals surface area (Å²) < 4.78 is 0. The third-order valence-corrected chi connectivity index (χ3v) is 3.29. The predicted molar refractivity (Wildman–Crippen MR) is 68.3 cm³/mol. The van der Waals surface area contributed by atoms with Gasteiger partial charge in [-0.25, -0.2) is 9.59 Å². The van der Waals surface area contributed by atoms with E-state index in [0.717, 1.165) is 0 Å². The zero-order valence-corrected chi connectivity index (χ0v) is 11.5. The fourth-order valence-electron chi connectivity index (χ4n) is 1.11. The van der Waals surface area contributed by atoms with Crippen molar-refractivity contribution >= 4 is 12.0 Å². The molecule has 0 aliphatic carbocycles. The highest BCUT2D eigenvalue weighted by Gasteiger charge is 2.24. The Balaban J connectivity index is 4.22. The van der Waals surface area contributed by atoms with Gasteiger partial charge in [0.15, 0.2) is 0 Å². The molecule has 0 bridgehead atoms. The summed E-state index contributed by atoms with van der Waals surface area (Å²) >= 11 is 0. The Morgan fingerprint density at radius 2 is 1.83 bits per heavy atom. The maximum Gasteiger partial charge on any atom is 0.326 e. The predicted octanol–water partition coefficient (Wildman–Crippen LogP) is 0.803. The number of hydrogen-bond donors (Lipinski definition) is 4. The van der Waals surface area contributed by atoms with E-state index in [2.05, 4.69) is 24.5 Å². The molecule has 18 heavy (non-hydrogen) atoms. The number of aliphatic hydroxyl groups excluding tert-OH is 1. The highest BCUT2D eigenvalue weighted by molar-refractivity contribution is 5.82. The van der Waals surface area contributed by atoms with Gasteiger partial charge in [-0.05, 0) is 11.3 Å². The molecular weight excluding hydrogens is 236 g/mol. The molecule has 0 spiro atoms. The molecule has 0 aliphatic heterocycles. The first-order chi connectivity index (χ1) is 8.20. The van der Waals surface area contributed by atoms with Crippen LogP contribution >= 0.6 is 0 Å². The van der Waals surface area contributed by atoms with Crippen molar-refractivity contribution in [2.75, 3.05) is 13.2 Å². The van der Waals surface area contributed by atoms with E-state index in [-0.39, 0.29) is 18.4 Å². The van der Waals surface area contributed by atoms with Gasteiger partial charge in [0.2, 0.25) is 0 Å². The molecule has 2 amide bonds. The van der Waals surface area contributed by atoms with Gasteiger partial charge in [0.25, 0.3) is 0 Å². The average Bonchev–Trinajstić information content (AvgIpc) is 2.25. The fraction of sp³-hybridized carbons (Fsp3) is 0.833. The number of carboxylic acids is 1. The van der Waals surface area contributed by atoms with E-state index in [0.29, 0.717) is 12.5 Å². The zero-order chi connectivity index (χ0) is 14.3. The molecule has 0 saturated heterocycles. The SMILES string of the molecule is CC(C)C(C)(C)CNC(=O)N[C@@H](CCO)C(=O)O. The van der Waals surface area contributed by atoms with Gasteiger partial charge in [0.1, 0.15) is 6.04 Å². The summed E-state index contributed by atoms with van der Waals surface area (Å²) in [5.41, 5.74) is -0.0625. The van der Waals surface area contributed by atoms with Crippen LogP contribution in [0.1, 0.15) is 34.1 Å². The first kappa shape index (κ1) is 16.7. The topological polar surface area (TPSA) is 98.7 Å². The fourth-order valence-corrected chi connectivity index (χ4v) is 1.11. The summed E-state index contributed by atoms with van der Waals surface area (Å²) in [7, 11) is 0. The number of carbonyl (C=O) groups excluding carboxylic acids is 1. The lowest BCUT2D eigenvalue weighted by molar-refractivity contribution is -0.139. The Morgan fingerprint density at radius 3 is 2.22 bits per heavy atom. The molecule has 0 unspecified atom stereocenters. The van der Waals surface area contributed by atoms with Crippen LogP contribution in [0.2, 0.25) is 0 Å². The molecule has 1 atom stereocenters. The third-order valence-electron chi connectivity index (χ3n) is 3.29. The van der Waals surface area contributed by atoms with Gasteiger partial charge in [-0.15, -0.1) is 0 Å². The van der Waals surface area contributed by atoms with E-state index in [9.17, 15) is 9.59 Å². The number of amides is 2. The molecule has 0 saturated carbocycles. The van der Waals surface area contributed by atoms with Crippen LogP contribution in [0, 0.1) is 11.3 Å². The van der Waals surface area contributed by atoms with Crippen molar-refractivity contribution in [1.29, 1.82) is 0 Å². The van der Waals surface area contributed by atoms with Crippen molar-refractivity contribution in [2.24, 2.45) is 11.3 Å². The van der Waals surface area contributed by atoms with Gasteiger partial charge in [-0.3, -0.25) is 0 Å². The molecule has 0 heterocycles. The Hall–Kier alpha value is -1.30. The Kier molecular flexibility index (Phi) is 6.68. The van der Waals surface area contributed by atoms with E-state index in [1.807, 2.05) is 13.8 Å². The number of aliphatic hydroxyl groups is 1. The molecule has 0 aromatic heterocycles. The zero-order valence-electron chi connectivity index (χ0n) is 11.5. The summed E-state index contributed by atoms with van der Waals surface area (Å²) in [4.78, 5) is 22.3. The summed E-state index contributed by atoms with van der Waals surface area (Å²) in [5.74, 6) is -0.757. The van der Waals surface area contributed by atoms with Crippen molar-refractivity contribution in [3.05, 3.63) is 0 Å². The second-order valence-electron chi connectivity index (χ2n) is 5.37. The van der Waals surface area contributed by atoms with Crippen LogP contribution in [0.3, 0.4) is 0 Å². The van der Waals surface area contributed by atoms with Gasteiger partial charge in [-0.1, -0.05) is 27.7 Å². The van der Waals surface area contributed by atoms with Crippen molar-refractivity contribution < 1.29 is 19.8 Å². The number of rotatable bonds is 7. The van der Waals surface area contributed by atoms with Crippen molar-refractivity contribution in [2.45, 2.75) is 40.2 Å². The van der Waals surface area contributed by atoms with Gasteiger partial charge in [0.05, 0.1) is 0 Å². The minimum atomic E-state index is -1.15. The number of hydrogen-bond acceptors (Lipinski definition) is 3. The van der Waals surface area contributed by atoms with Crippen LogP contribution < -0.4 is 10.6 Å². The second kappa shape index (κ2) is 7.20.